The summed E-state index contributed by atoms with van der Waals surface area (Å²) in [5.41, 5.74) is 3.21. The van der Waals surface area contributed by atoms with Crippen LogP contribution in [-0.2, 0) is 14.4 Å². The van der Waals surface area contributed by atoms with Crippen LogP contribution in [0.25, 0.3) is 5.57 Å². The highest BCUT2D eigenvalue weighted by atomic mass is 32.2. The van der Waals surface area contributed by atoms with Crippen LogP contribution >= 0.6 is 11.8 Å². The van der Waals surface area contributed by atoms with Gasteiger partial charge in [-0.15, -0.1) is 11.8 Å². The number of anilines is 3. The Kier molecular flexibility index (Phi) is 6.31. The van der Waals surface area contributed by atoms with Crippen LogP contribution < -0.4 is 15.1 Å². The molecule has 3 amide bonds. The van der Waals surface area contributed by atoms with Crippen LogP contribution in [-0.4, -0.2) is 37.1 Å². The molecule has 0 unspecified atom stereocenters. The molecule has 0 bridgehead atoms. The molecular formula is C23H25N3O3S. The number of nitrogens with zero attached hydrogens (tertiary/aromatic N) is 2. The first-order valence-electron chi connectivity index (χ1n) is 9.64. The zero-order chi connectivity index (χ0) is 22.0. The van der Waals surface area contributed by atoms with E-state index in [2.05, 4.69) is 5.32 Å². The Morgan fingerprint density at radius 2 is 1.57 bits per heavy atom. The smallest absolute Gasteiger partial charge is 0.272 e. The lowest BCUT2D eigenvalue weighted by atomic mass is 10.1. The van der Waals surface area contributed by atoms with Gasteiger partial charge in [-0.25, -0.2) is 4.90 Å². The molecule has 0 saturated carbocycles. The minimum absolute atomic E-state index is 0.140. The van der Waals surface area contributed by atoms with E-state index < -0.39 is 0 Å². The number of thioether (sulfide) groups is 1. The molecule has 3 rings (SSSR count). The average Bonchev–Trinajstić information content (AvgIpc) is 2.91. The predicted octanol–water partition coefficient (Wildman–Crippen LogP) is 4.14. The third-order valence-electron chi connectivity index (χ3n) is 4.51. The van der Waals surface area contributed by atoms with Crippen LogP contribution in [0.4, 0.5) is 17.1 Å². The minimum atomic E-state index is -0.340. The molecule has 6 nitrogen and oxygen atoms in total. The number of hydrogen-bond acceptors (Lipinski definition) is 5. The molecule has 1 aliphatic rings. The fourth-order valence-electron chi connectivity index (χ4n) is 3.17. The number of nitrogens with one attached hydrogen (secondary N) is 1. The van der Waals surface area contributed by atoms with Crippen molar-refractivity contribution in [2.75, 3.05) is 29.2 Å². The molecule has 0 aliphatic carbocycles. The second kappa shape index (κ2) is 8.75. The van der Waals surface area contributed by atoms with Crippen molar-refractivity contribution in [3.05, 3.63) is 59.0 Å². The second-order valence-electron chi connectivity index (χ2n) is 7.49. The number of carbonyl (C=O) groups is 3. The van der Waals surface area contributed by atoms with Crippen LogP contribution in [0.2, 0.25) is 0 Å². The van der Waals surface area contributed by atoms with Crippen molar-refractivity contribution in [2.24, 2.45) is 0 Å². The summed E-state index contributed by atoms with van der Waals surface area (Å²) in [6, 6.07) is 14.3. The quantitative estimate of drug-likeness (QED) is 0.708. The zero-order valence-corrected chi connectivity index (χ0v) is 18.5. The van der Waals surface area contributed by atoms with E-state index in [0.717, 1.165) is 5.69 Å². The van der Waals surface area contributed by atoms with Gasteiger partial charge in [-0.2, -0.15) is 0 Å². The zero-order valence-electron chi connectivity index (χ0n) is 17.7. The van der Waals surface area contributed by atoms with E-state index >= 15 is 0 Å². The first-order valence-corrected chi connectivity index (χ1v) is 10.5. The molecule has 0 fully saturated rings. The maximum absolute atomic E-state index is 13.3. The van der Waals surface area contributed by atoms with Gasteiger partial charge >= 0.3 is 0 Å². The number of rotatable bonds is 6. The van der Waals surface area contributed by atoms with E-state index in [4.69, 9.17) is 0 Å². The largest absolute Gasteiger partial charge is 0.378 e. The molecule has 2 aromatic carbocycles. The van der Waals surface area contributed by atoms with Gasteiger partial charge in [0.15, 0.2) is 0 Å². The highest BCUT2D eigenvalue weighted by Crippen LogP contribution is 2.40. The van der Waals surface area contributed by atoms with Gasteiger partial charge in [0, 0.05) is 37.6 Å². The van der Waals surface area contributed by atoms with Crippen molar-refractivity contribution in [1.29, 1.82) is 0 Å². The van der Waals surface area contributed by atoms with E-state index in [1.54, 1.807) is 36.4 Å². The van der Waals surface area contributed by atoms with E-state index in [1.165, 1.54) is 23.6 Å². The van der Waals surface area contributed by atoms with E-state index in [-0.39, 0.29) is 23.0 Å². The summed E-state index contributed by atoms with van der Waals surface area (Å²) in [6.07, 6.45) is 0. The van der Waals surface area contributed by atoms with Crippen molar-refractivity contribution < 1.29 is 14.4 Å². The first kappa shape index (κ1) is 21.6. The average molecular weight is 424 g/mol. The molecule has 0 spiro atoms. The number of amides is 3. The van der Waals surface area contributed by atoms with Crippen molar-refractivity contribution in [2.45, 2.75) is 26.0 Å². The molecule has 0 saturated heterocycles. The van der Waals surface area contributed by atoms with Crippen LogP contribution in [0.5, 0.6) is 0 Å². The Labute approximate surface area is 180 Å². The monoisotopic (exact) mass is 423 g/mol. The molecule has 1 N–H and O–H groups in total. The summed E-state index contributed by atoms with van der Waals surface area (Å²) in [7, 11) is 3.87. The van der Waals surface area contributed by atoms with Crippen molar-refractivity contribution in [1.82, 2.24) is 0 Å². The lowest BCUT2D eigenvalue weighted by Gasteiger charge is -2.18. The fourth-order valence-corrected chi connectivity index (χ4v) is 4.15. The summed E-state index contributed by atoms with van der Waals surface area (Å²) >= 11 is 1.39. The Balaban J connectivity index is 2.00. The standard InChI is InChI=1S/C23H25N3O3S/c1-14(2)30-21-20(16-6-8-17(9-7-16)24-15(3)27)22(28)26(23(21)29)19-12-10-18(11-13-19)25(4)5/h6-14H,1-5H3,(H,24,27). The molecular weight excluding hydrogens is 398 g/mol. The summed E-state index contributed by atoms with van der Waals surface area (Å²) in [5.74, 6) is -0.817. The highest BCUT2D eigenvalue weighted by molar-refractivity contribution is 8.04. The van der Waals surface area contributed by atoms with Gasteiger partial charge in [0.2, 0.25) is 5.91 Å². The van der Waals surface area contributed by atoms with Gasteiger partial charge in [0.05, 0.1) is 16.2 Å². The molecule has 156 valence electrons. The van der Waals surface area contributed by atoms with Gasteiger partial charge in [0.25, 0.3) is 11.8 Å². The van der Waals surface area contributed by atoms with Gasteiger partial charge < -0.3 is 10.2 Å². The van der Waals surface area contributed by atoms with E-state index in [9.17, 15) is 14.4 Å². The van der Waals surface area contributed by atoms with Gasteiger partial charge in [-0.05, 0) is 42.0 Å². The number of hydrogen-bond donors (Lipinski definition) is 1. The van der Waals surface area contributed by atoms with Crippen LogP contribution in [0, 0.1) is 0 Å². The Hall–Kier alpha value is -3.06. The third kappa shape index (κ3) is 4.41. The van der Waals surface area contributed by atoms with E-state index in [1.807, 2.05) is 45.0 Å². The SMILES string of the molecule is CC(=O)Nc1ccc(C2=C(SC(C)C)C(=O)N(c3ccc(N(C)C)cc3)C2=O)cc1. The topological polar surface area (TPSA) is 69.7 Å². The summed E-state index contributed by atoms with van der Waals surface area (Å²) in [4.78, 5) is 41.5. The van der Waals surface area contributed by atoms with Gasteiger partial charge in [-0.1, -0.05) is 26.0 Å². The number of carbonyl (C=O) groups excluding carboxylic acids is 3. The summed E-state index contributed by atoms with van der Waals surface area (Å²) < 4.78 is 0. The lowest BCUT2D eigenvalue weighted by Crippen LogP contribution is -2.31. The lowest BCUT2D eigenvalue weighted by molar-refractivity contribution is -0.120. The second-order valence-corrected chi connectivity index (χ2v) is 9.07. The molecule has 7 heteroatoms. The minimum Gasteiger partial charge on any atom is -0.378 e. The molecule has 0 radical (unpaired) electrons. The molecule has 2 aromatic rings. The Morgan fingerprint density at radius 3 is 2.07 bits per heavy atom. The number of benzene rings is 2. The Bertz CT molecular complexity index is 1010. The van der Waals surface area contributed by atoms with Crippen LogP contribution in [0.3, 0.4) is 0 Å². The van der Waals surface area contributed by atoms with Crippen molar-refractivity contribution in [3.8, 4) is 0 Å². The normalized spacial score (nSPS) is 14.0. The fraction of sp³-hybridized carbons (Fsp3) is 0.261. The van der Waals surface area contributed by atoms with Crippen LogP contribution in [0.15, 0.2) is 53.4 Å². The van der Waals surface area contributed by atoms with E-state index in [0.29, 0.717) is 27.4 Å². The molecule has 1 aliphatic heterocycles. The first-order chi connectivity index (χ1) is 14.2. The van der Waals surface area contributed by atoms with Gasteiger partial charge in [-0.3, -0.25) is 14.4 Å². The third-order valence-corrected chi connectivity index (χ3v) is 5.60. The molecule has 0 aromatic heterocycles. The molecule has 30 heavy (non-hydrogen) atoms. The summed E-state index contributed by atoms with van der Waals surface area (Å²) in [5, 5.41) is 2.85. The maximum Gasteiger partial charge on any atom is 0.272 e. The predicted molar refractivity (Wildman–Crippen MR) is 124 cm³/mol. The van der Waals surface area contributed by atoms with Gasteiger partial charge in [0.1, 0.15) is 0 Å². The summed E-state index contributed by atoms with van der Waals surface area (Å²) in [6.45, 7) is 5.41. The highest BCUT2D eigenvalue weighted by Gasteiger charge is 2.40. The van der Waals surface area contributed by atoms with Crippen molar-refractivity contribution >= 4 is 52.1 Å². The van der Waals surface area contributed by atoms with Crippen molar-refractivity contribution in [3.63, 3.8) is 0 Å². The molecule has 0 atom stereocenters. The molecule has 1 heterocycles. The number of imide groups is 1. The maximum atomic E-state index is 13.3. The van der Waals surface area contributed by atoms with Crippen LogP contribution in [0.1, 0.15) is 26.3 Å². The Morgan fingerprint density at radius 1 is 0.967 bits per heavy atom.